The first-order valence-electron chi connectivity index (χ1n) is 15.0. The van der Waals surface area contributed by atoms with Gasteiger partial charge >= 0.3 is 11.9 Å². The van der Waals surface area contributed by atoms with Crippen molar-refractivity contribution >= 4 is 63.8 Å². The van der Waals surface area contributed by atoms with E-state index in [9.17, 15) is 24.0 Å². The lowest BCUT2D eigenvalue weighted by Gasteiger charge is -2.27. The number of carbonyl (C=O) groups is 5. The molecule has 0 bridgehead atoms. The van der Waals surface area contributed by atoms with Crippen LogP contribution in [0.4, 0.5) is 0 Å². The highest BCUT2D eigenvalue weighted by Crippen LogP contribution is 2.55. The molecule has 12 heteroatoms. The fourth-order valence-electron chi connectivity index (χ4n) is 4.85. The second-order valence-electron chi connectivity index (χ2n) is 10.3. The third kappa shape index (κ3) is 10.5. The van der Waals surface area contributed by atoms with Crippen LogP contribution >= 0.6 is 19.0 Å². The maximum absolute atomic E-state index is 13.5. The van der Waals surface area contributed by atoms with E-state index < -0.39 is 49.6 Å². The quantitative estimate of drug-likeness (QED) is 0.145. The largest absolute Gasteiger partial charge is 0.468 e. The zero-order chi connectivity index (χ0) is 33.4. The monoisotopic (exact) mass is 666 g/mol. The van der Waals surface area contributed by atoms with E-state index in [0.717, 1.165) is 27.7 Å². The number of ether oxygens (including phenoxy) is 2. The number of thioether (sulfide) groups is 1. The zero-order valence-electron chi connectivity index (χ0n) is 26.1. The summed E-state index contributed by atoms with van der Waals surface area (Å²) in [5.74, 6) is -2.52. The molecule has 0 aromatic heterocycles. The number of hydrogen-bond acceptors (Lipinski definition) is 9. The SMILES string of the molecule is CCOC(=O)C(N)CCC(=O)NC(CSC(=O)CC[P+](c1ccccc1)(c1ccccc1)c1ccccc1)C(=O)NCC(=O)OC. The number of esters is 2. The third-order valence-electron chi connectivity index (χ3n) is 7.21. The second-order valence-corrected chi connectivity index (χ2v) is 15.0. The van der Waals surface area contributed by atoms with Crippen molar-refractivity contribution < 1.29 is 33.4 Å². The lowest BCUT2D eigenvalue weighted by Crippen LogP contribution is -2.49. The number of amides is 2. The van der Waals surface area contributed by atoms with Gasteiger partial charge in [0, 0.05) is 12.2 Å². The number of nitrogens with two attached hydrogens (primary N) is 1. The average Bonchev–Trinajstić information content (AvgIpc) is 3.09. The van der Waals surface area contributed by atoms with Gasteiger partial charge in [-0.05, 0) is 49.7 Å². The molecule has 46 heavy (non-hydrogen) atoms. The van der Waals surface area contributed by atoms with Crippen LogP contribution < -0.4 is 32.3 Å². The van der Waals surface area contributed by atoms with Crippen molar-refractivity contribution in [3.05, 3.63) is 91.0 Å². The Hall–Kier alpha value is -4.05. The minimum atomic E-state index is -2.24. The molecule has 0 fully saturated rings. The summed E-state index contributed by atoms with van der Waals surface area (Å²) < 4.78 is 9.46. The van der Waals surface area contributed by atoms with Crippen LogP contribution in [-0.2, 0) is 33.4 Å². The van der Waals surface area contributed by atoms with Crippen molar-refractivity contribution in [2.45, 2.75) is 38.3 Å². The molecular formula is C34H41N3O7PS+. The number of methoxy groups -OCH3 is 1. The van der Waals surface area contributed by atoms with Crippen LogP contribution in [0.2, 0.25) is 0 Å². The van der Waals surface area contributed by atoms with Crippen LogP contribution in [0, 0.1) is 0 Å². The summed E-state index contributed by atoms with van der Waals surface area (Å²) >= 11 is 0.945. The molecule has 4 N–H and O–H groups in total. The van der Waals surface area contributed by atoms with Gasteiger partial charge in [0.1, 0.15) is 41.8 Å². The highest BCUT2D eigenvalue weighted by Gasteiger charge is 2.45. The molecule has 3 rings (SSSR count). The molecule has 0 aliphatic carbocycles. The fraction of sp³-hybridized carbons (Fsp3) is 0.324. The molecule has 2 atom stereocenters. The van der Waals surface area contributed by atoms with E-state index in [1.807, 2.05) is 54.6 Å². The molecule has 2 amide bonds. The van der Waals surface area contributed by atoms with Crippen molar-refractivity contribution in [2.75, 3.05) is 32.2 Å². The standard InChI is InChI=1S/C34H40N3O7PS/c1-3-44-34(42)28(35)19-20-30(38)37-29(33(41)36-23-31(39)43-2)24-46-32(40)21-22-45(25-13-7-4-8-14-25,26-15-9-5-10-16-26)27-17-11-6-12-18-27/h4-18,28-29H,3,19-24,35H2,1-2H3,(H-,36,37,38,41)/p+1. The van der Waals surface area contributed by atoms with Crippen LogP contribution in [-0.4, -0.2) is 73.1 Å². The Balaban J connectivity index is 1.76. The van der Waals surface area contributed by atoms with E-state index in [2.05, 4.69) is 51.8 Å². The van der Waals surface area contributed by atoms with Crippen molar-refractivity contribution in [2.24, 2.45) is 5.73 Å². The third-order valence-corrected chi connectivity index (χ3v) is 12.7. The second kappa shape index (κ2) is 18.8. The Labute approximate surface area is 274 Å². The van der Waals surface area contributed by atoms with Crippen LogP contribution in [0.25, 0.3) is 0 Å². The van der Waals surface area contributed by atoms with Gasteiger partial charge in [-0.25, -0.2) is 0 Å². The minimum Gasteiger partial charge on any atom is -0.468 e. The zero-order valence-corrected chi connectivity index (χ0v) is 27.8. The molecule has 10 nitrogen and oxygen atoms in total. The van der Waals surface area contributed by atoms with Crippen molar-refractivity contribution in [1.82, 2.24) is 10.6 Å². The van der Waals surface area contributed by atoms with Crippen molar-refractivity contribution in [3.63, 3.8) is 0 Å². The number of nitrogens with one attached hydrogen (secondary N) is 2. The molecule has 2 unspecified atom stereocenters. The Morgan fingerprint density at radius 1 is 0.826 bits per heavy atom. The molecule has 0 saturated heterocycles. The number of benzene rings is 3. The summed E-state index contributed by atoms with van der Waals surface area (Å²) in [5, 5.41) is 8.36. The lowest BCUT2D eigenvalue weighted by atomic mass is 10.1. The van der Waals surface area contributed by atoms with E-state index in [-0.39, 0.29) is 36.7 Å². The van der Waals surface area contributed by atoms with Crippen molar-refractivity contribution in [3.8, 4) is 0 Å². The first kappa shape index (κ1) is 36.4. The maximum atomic E-state index is 13.5. The van der Waals surface area contributed by atoms with Gasteiger partial charge in [0.25, 0.3) is 0 Å². The van der Waals surface area contributed by atoms with Gasteiger partial charge in [0.05, 0.1) is 26.3 Å². The highest BCUT2D eigenvalue weighted by molar-refractivity contribution is 8.13. The Bertz CT molecular complexity index is 1350. The van der Waals surface area contributed by atoms with Gasteiger partial charge in [-0.3, -0.25) is 24.0 Å². The molecule has 3 aromatic carbocycles. The first-order chi connectivity index (χ1) is 22.2. The minimum absolute atomic E-state index is 0.0114. The highest BCUT2D eigenvalue weighted by atomic mass is 32.2. The van der Waals surface area contributed by atoms with E-state index in [1.54, 1.807) is 6.92 Å². The van der Waals surface area contributed by atoms with E-state index in [4.69, 9.17) is 10.5 Å². The van der Waals surface area contributed by atoms with Gasteiger partial charge in [-0.2, -0.15) is 0 Å². The predicted molar refractivity (Wildman–Crippen MR) is 183 cm³/mol. The molecule has 0 saturated carbocycles. The van der Waals surface area contributed by atoms with Gasteiger partial charge in [-0.1, -0.05) is 66.4 Å². The number of rotatable bonds is 17. The Morgan fingerprint density at radius 3 is 1.83 bits per heavy atom. The molecule has 0 aliphatic heterocycles. The van der Waals surface area contributed by atoms with Crippen molar-refractivity contribution in [1.29, 1.82) is 0 Å². The smallest absolute Gasteiger partial charge is 0.325 e. The van der Waals surface area contributed by atoms with E-state index >= 15 is 0 Å². The normalized spacial score (nSPS) is 12.3. The number of hydrogen-bond donors (Lipinski definition) is 3. The maximum Gasteiger partial charge on any atom is 0.325 e. The lowest BCUT2D eigenvalue weighted by molar-refractivity contribution is -0.145. The summed E-state index contributed by atoms with van der Waals surface area (Å²) in [6.07, 6.45) is 0.652. The Morgan fingerprint density at radius 2 is 1.35 bits per heavy atom. The van der Waals surface area contributed by atoms with Crippen LogP contribution in [0.3, 0.4) is 0 Å². The van der Waals surface area contributed by atoms with E-state index in [0.29, 0.717) is 6.16 Å². The van der Waals surface area contributed by atoms with E-state index in [1.165, 1.54) is 7.11 Å². The molecule has 0 spiro atoms. The summed E-state index contributed by atoms with van der Waals surface area (Å²) in [4.78, 5) is 62.6. The van der Waals surface area contributed by atoms with Gasteiger partial charge < -0.3 is 25.8 Å². The molecule has 0 aliphatic rings. The summed E-state index contributed by atoms with van der Waals surface area (Å²) in [6.45, 7) is 1.42. The predicted octanol–water partition coefficient (Wildman–Crippen LogP) is 2.08. The molecule has 0 radical (unpaired) electrons. The molecule has 244 valence electrons. The fourth-order valence-corrected chi connectivity index (χ4v) is 10.1. The van der Waals surface area contributed by atoms with Gasteiger partial charge in [0.15, 0.2) is 5.12 Å². The van der Waals surface area contributed by atoms with Gasteiger partial charge in [-0.15, -0.1) is 0 Å². The topological polar surface area (TPSA) is 154 Å². The van der Waals surface area contributed by atoms with Crippen LogP contribution in [0.5, 0.6) is 0 Å². The number of carbonyl (C=O) groups excluding carboxylic acids is 5. The van der Waals surface area contributed by atoms with Crippen LogP contribution in [0.1, 0.15) is 26.2 Å². The van der Waals surface area contributed by atoms with Crippen LogP contribution in [0.15, 0.2) is 91.0 Å². The van der Waals surface area contributed by atoms with Gasteiger partial charge in [0.2, 0.25) is 11.8 Å². The molecule has 3 aromatic rings. The molecule has 0 heterocycles. The summed E-state index contributed by atoms with van der Waals surface area (Å²) in [7, 11) is -1.05. The molecular weight excluding hydrogens is 625 g/mol. The first-order valence-corrected chi connectivity index (χ1v) is 17.9. The average molecular weight is 667 g/mol. The Kier molecular flexibility index (Phi) is 14.9. The summed E-state index contributed by atoms with van der Waals surface area (Å²) in [5.41, 5.74) is 5.80. The summed E-state index contributed by atoms with van der Waals surface area (Å²) in [6, 6.07) is 28.5.